The highest BCUT2D eigenvalue weighted by Gasteiger charge is 2.73. The van der Waals surface area contributed by atoms with Crippen molar-refractivity contribution in [2.24, 2.45) is 5.41 Å². The number of hydrogen-bond acceptors (Lipinski definition) is 7. The largest absolute Gasteiger partial charge is 0.461 e. The van der Waals surface area contributed by atoms with Gasteiger partial charge in [-0.3, -0.25) is 0 Å². The molecule has 0 radical (unpaired) electrons. The first-order valence-corrected chi connectivity index (χ1v) is 12.4. The van der Waals surface area contributed by atoms with Crippen molar-refractivity contribution in [3.05, 3.63) is 12.7 Å². The molecule has 0 heterocycles. The average Bonchev–Trinajstić information content (AvgIpc) is 2.77. The second kappa shape index (κ2) is 12.9. The topological polar surface area (TPSA) is 92.3 Å². The first kappa shape index (κ1) is 40.7. The summed E-state index contributed by atoms with van der Waals surface area (Å²) in [7, 11) is 0. The van der Waals surface area contributed by atoms with Crippen molar-refractivity contribution < 1.29 is 77.2 Å². The molecule has 0 aliphatic carbocycles. The van der Waals surface area contributed by atoms with Crippen LogP contribution in [-0.4, -0.2) is 78.8 Å². The quantitative estimate of drug-likeness (QED) is 0.0789. The summed E-state index contributed by atoms with van der Waals surface area (Å²) in [6.45, 7) is 3.91. The molecule has 0 saturated carbocycles. The Balaban J connectivity index is 5.75. The zero-order valence-corrected chi connectivity index (χ0v) is 25.0. The lowest BCUT2D eigenvalue weighted by molar-refractivity contribution is -0.457. The van der Waals surface area contributed by atoms with Crippen LogP contribution in [-0.2, 0) is 28.5 Å². The minimum absolute atomic E-state index is 0.105. The Labute approximate surface area is 242 Å². The number of alkyl carbamates (subject to hydrolysis) is 1. The van der Waals surface area contributed by atoms with Crippen molar-refractivity contribution in [3.63, 3.8) is 0 Å². The van der Waals surface area contributed by atoms with Gasteiger partial charge < -0.3 is 29.0 Å². The maximum Gasteiger partial charge on any atom is 0.422 e. The number of halogens is 10. The lowest BCUT2D eigenvalue weighted by Crippen LogP contribution is -2.65. The van der Waals surface area contributed by atoms with Crippen LogP contribution in [0, 0.1) is 5.41 Å². The Bertz CT molecular complexity index is 993. The maximum atomic E-state index is 15.1. The number of alkyl halides is 10. The summed E-state index contributed by atoms with van der Waals surface area (Å²) in [5, 5.41) is 1.86. The summed E-state index contributed by atoms with van der Waals surface area (Å²) in [5.74, 6) is -10.4. The molecule has 0 atom stereocenters. The number of carbonyl (C=O) groups excluding carboxylic acids is 2. The van der Waals surface area contributed by atoms with Crippen molar-refractivity contribution >= 4 is 12.1 Å². The molecule has 0 fully saturated rings. The molecule has 0 aromatic heterocycles. The predicted octanol–water partition coefficient (Wildman–Crippen LogP) is 6.92. The fraction of sp³-hybridized carbons (Fsp3) is 0.840. The minimum Gasteiger partial charge on any atom is -0.461 e. The van der Waals surface area contributed by atoms with Crippen molar-refractivity contribution in [3.8, 4) is 0 Å². The van der Waals surface area contributed by atoms with Gasteiger partial charge in [0, 0.05) is 13.0 Å². The van der Waals surface area contributed by atoms with Gasteiger partial charge in [-0.1, -0.05) is 6.58 Å². The number of esters is 1. The number of hydrogen-bond donors (Lipinski definition) is 1. The summed E-state index contributed by atoms with van der Waals surface area (Å²) < 4.78 is 167. The van der Waals surface area contributed by atoms with E-state index >= 15 is 17.6 Å². The van der Waals surface area contributed by atoms with Crippen LogP contribution < -0.4 is 5.32 Å². The Morgan fingerprint density at radius 3 is 1.58 bits per heavy atom. The van der Waals surface area contributed by atoms with Crippen LogP contribution in [0.25, 0.3) is 0 Å². The van der Waals surface area contributed by atoms with Crippen LogP contribution in [0.2, 0.25) is 0 Å². The first-order valence-electron chi connectivity index (χ1n) is 12.4. The van der Waals surface area contributed by atoms with E-state index < -0.39 is 84.2 Å². The fourth-order valence-electron chi connectivity index (χ4n) is 2.78. The Hall–Kier alpha value is -2.34. The summed E-state index contributed by atoms with van der Waals surface area (Å²) in [6, 6.07) is 0. The zero-order valence-electron chi connectivity index (χ0n) is 25.0. The number of carbonyl (C=O) groups is 2. The molecule has 0 aromatic carbocycles. The van der Waals surface area contributed by atoms with E-state index in [1.54, 1.807) is 0 Å². The van der Waals surface area contributed by atoms with Crippen LogP contribution in [0.4, 0.5) is 48.7 Å². The van der Waals surface area contributed by atoms with E-state index in [2.05, 4.69) is 30.3 Å². The van der Waals surface area contributed by atoms with E-state index in [1.807, 2.05) is 5.32 Å². The predicted molar refractivity (Wildman–Crippen MR) is 130 cm³/mol. The molecule has 0 saturated heterocycles. The fourth-order valence-corrected chi connectivity index (χ4v) is 2.78. The van der Waals surface area contributed by atoms with Crippen molar-refractivity contribution in [1.29, 1.82) is 0 Å². The Kier molecular flexibility index (Phi) is 12.2. The van der Waals surface area contributed by atoms with E-state index in [-0.39, 0.29) is 20.8 Å². The highest BCUT2D eigenvalue weighted by molar-refractivity contribution is 5.81. The third kappa shape index (κ3) is 9.83. The van der Waals surface area contributed by atoms with Gasteiger partial charge in [-0.05, 0) is 55.4 Å². The Morgan fingerprint density at radius 1 is 0.674 bits per heavy atom. The molecule has 8 nitrogen and oxygen atoms in total. The summed E-state index contributed by atoms with van der Waals surface area (Å²) >= 11 is 0. The highest BCUT2D eigenvalue weighted by atomic mass is 19.3. The third-order valence-corrected chi connectivity index (χ3v) is 6.74. The Morgan fingerprint density at radius 2 is 1.14 bits per heavy atom. The van der Waals surface area contributed by atoms with Crippen LogP contribution in [0.3, 0.4) is 0 Å². The molecule has 254 valence electrons. The molecular weight excluding hydrogens is 616 g/mol. The maximum absolute atomic E-state index is 15.1. The van der Waals surface area contributed by atoms with Crippen molar-refractivity contribution in [2.75, 3.05) is 19.8 Å². The van der Waals surface area contributed by atoms with Crippen LogP contribution in [0.5, 0.6) is 0 Å². The summed E-state index contributed by atoms with van der Waals surface area (Å²) in [6.07, 6.45) is -16.1. The van der Waals surface area contributed by atoms with E-state index in [4.69, 9.17) is 0 Å². The monoisotopic (exact) mass is 653 g/mol. The molecule has 0 aliphatic rings. The number of rotatable bonds is 17. The lowest BCUT2D eigenvalue weighted by atomic mass is 9.75. The number of nitrogens with one attached hydrogen (secondary N) is 1. The third-order valence-electron chi connectivity index (χ3n) is 6.74. The second-order valence-electron chi connectivity index (χ2n) is 11.5. The molecule has 1 N–H and O–H groups in total. The highest BCUT2D eigenvalue weighted by Crippen LogP contribution is 2.55. The van der Waals surface area contributed by atoms with Gasteiger partial charge in [-0.15, -0.1) is 0 Å². The first-order chi connectivity index (χ1) is 18.7. The molecule has 43 heavy (non-hydrogen) atoms. The zero-order chi connectivity index (χ0) is 34.7. The van der Waals surface area contributed by atoms with E-state index in [0.717, 1.165) is 6.08 Å². The van der Waals surface area contributed by atoms with Gasteiger partial charge >= 0.3 is 36.3 Å². The summed E-state index contributed by atoms with van der Waals surface area (Å²) in [5.41, 5.74) is -12.7. The number of ether oxygens (including phenoxy) is 5. The normalized spacial score (nSPS) is 14.8. The van der Waals surface area contributed by atoms with Crippen LogP contribution >= 0.6 is 0 Å². The molecule has 0 aromatic rings. The number of amides is 1. The van der Waals surface area contributed by atoms with E-state index in [9.17, 15) is 35.9 Å². The molecule has 1 amide bonds. The van der Waals surface area contributed by atoms with Crippen LogP contribution in [0.1, 0.15) is 62.3 Å². The second-order valence-corrected chi connectivity index (χ2v) is 11.5. The molecule has 0 rings (SSSR count). The van der Waals surface area contributed by atoms with Crippen molar-refractivity contribution in [1.82, 2.24) is 5.32 Å². The summed E-state index contributed by atoms with van der Waals surface area (Å²) in [4.78, 5) is 22.4. The van der Waals surface area contributed by atoms with Gasteiger partial charge in [0.25, 0.3) is 5.92 Å². The molecule has 0 unspecified atom stereocenters. The molecule has 18 heteroatoms. The van der Waals surface area contributed by atoms with E-state index in [1.165, 1.54) is 0 Å². The van der Waals surface area contributed by atoms with Gasteiger partial charge in [0.05, 0.1) is 17.6 Å². The smallest absolute Gasteiger partial charge is 0.422 e. The van der Waals surface area contributed by atoms with Gasteiger partial charge in [-0.25, -0.2) is 18.4 Å². The molecule has 0 spiro atoms. The van der Waals surface area contributed by atoms with E-state index in [0.29, 0.717) is 41.5 Å². The van der Waals surface area contributed by atoms with Gasteiger partial charge in [0.15, 0.2) is 6.61 Å². The SMILES string of the molecule is C=CC(=O)OCCNC(=O)OCC(F)(F)OC(C)(C)C(F)(F)C(F)(F)OC(C)(C)C(C)(C)C(F)(F)OC(C)(C)C(C)(F)F. The molecular formula is C25H37F10NO7. The van der Waals surface area contributed by atoms with Crippen molar-refractivity contribution in [2.45, 2.75) is 109 Å². The van der Waals surface area contributed by atoms with Gasteiger partial charge in [0.2, 0.25) is 0 Å². The molecule has 0 bridgehead atoms. The lowest BCUT2D eigenvalue weighted by Gasteiger charge is -2.50. The minimum atomic E-state index is -5.80. The van der Waals surface area contributed by atoms with Crippen LogP contribution in [0.15, 0.2) is 12.7 Å². The van der Waals surface area contributed by atoms with Gasteiger partial charge in [-0.2, -0.15) is 35.1 Å². The van der Waals surface area contributed by atoms with Gasteiger partial charge in [0.1, 0.15) is 17.8 Å². The molecule has 0 aliphatic heterocycles. The standard InChI is InChI=1S/C25H37F10NO7/c1-11-15(37)39-13-12-36-16(38)40-14-22(28,29)41-20(8,9)23(30,31)25(34,35)42-18(4,5)17(2,3)24(32,33)43-19(6,7)21(10,26)27/h11H,1,12-14H2,2-10H3,(H,36,38). The average molecular weight is 654 g/mol.